The van der Waals surface area contributed by atoms with E-state index in [1.54, 1.807) is 11.9 Å². The van der Waals surface area contributed by atoms with Gasteiger partial charge in [-0.25, -0.2) is 4.79 Å². The molecule has 0 aliphatic carbocycles. The van der Waals surface area contributed by atoms with Crippen molar-refractivity contribution in [2.24, 2.45) is 5.92 Å². The third-order valence-electron chi connectivity index (χ3n) is 2.78. The molecule has 5 heteroatoms. The van der Waals surface area contributed by atoms with Gasteiger partial charge in [-0.15, -0.1) is 0 Å². The maximum atomic E-state index is 11.6. The zero-order valence-corrected chi connectivity index (χ0v) is 11.0. The van der Waals surface area contributed by atoms with Crippen LogP contribution in [0.15, 0.2) is 0 Å². The molecule has 0 saturated heterocycles. The van der Waals surface area contributed by atoms with E-state index in [0.717, 1.165) is 25.8 Å². The molecule has 2 amide bonds. The van der Waals surface area contributed by atoms with Gasteiger partial charge in [0.1, 0.15) is 0 Å². The van der Waals surface area contributed by atoms with Crippen molar-refractivity contribution >= 4 is 12.0 Å². The molecule has 0 aromatic carbocycles. The van der Waals surface area contributed by atoms with Crippen LogP contribution in [-0.4, -0.2) is 42.1 Å². The Morgan fingerprint density at radius 1 is 1.35 bits per heavy atom. The van der Waals surface area contributed by atoms with Crippen LogP contribution in [0.1, 0.15) is 39.5 Å². The predicted molar refractivity (Wildman–Crippen MR) is 67.0 cm³/mol. The SMILES string of the molecule is CCCCN(C)C(=O)NCC(CC)CC(=O)O. The molecule has 100 valence electrons. The zero-order chi connectivity index (χ0) is 13.3. The summed E-state index contributed by atoms with van der Waals surface area (Å²) in [5.41, 5.74) is 0. The van der Waals surface area contributed by atoms with E-state index in [1.165, 1.54) is 0 Å². The number of hydrogen-bond donors (Lipinski definition) is 2. The highest BCUT2D eigenvalue weighted by Gasteiger charge is 2.13. The highest BCUT2D eigenvalue weighted by atomic mass is 16.4. The molecule has 0 aliphatic heterocycles. The van der Waals surface area contributed by atoms with Crippen molar-refractivity contribution in [1.29, 1.82) is 0 Å². The number of aliphatic carboxylic acids is 1. The van der Waals surface area contributed by atoms with Crippen LogP contribution in [0.3, 0.4) is 0 Å². The zero-order valence-electron chi connectivity index (χ0n) is 11.0. The molecule has 0 heterocycles. The fourth-order valence-corrected chi connectivity index (χ4v) is 1.47. The summed E-state index contributed by atoms with van der Waals surface area (Å²) in [5, 5.41) is 11.5. The summed E-state index contributed by atoms with van der Waals surface area (Å²) >= 11 is 0. The van der Waals surface area contributed by atoms with E-state index in [9.17, 15) is 9.59 Å². The number of rotatable bonds is 8. The van der Waals surface area contributed by atoms with Crippen molar-refractivity contribution in [1.82, 2.24) is 10.2 Å². The first kappa shape index (κ1) is 15.7. The second-order valence-electron chi connectivity index (χ2n) is 4.33. The molecule has 1 atom stereocenters. The Morgan fingerprint density at radius 2 is 2.00 bits per heavy atom. The van der Waals surface area contributed by atoms with Gasteiger partial charge in [-0.2, -0.15) is 0 Å². The Morgan fingerprint density at radius 3 is 2.47 bits per heavy atom. The number of carbonyl (C=O) groups excluding carboxylic acids is 1. The third kappa shape index (κ3) is 7.60. The standard InChI is InChI=1S/C12H24N2O3/c1-4-6-7-14(3)12(17)13-9-10(5-2)8-11(15)16/h10H,4-9H2,1-3H3,(H,13,17)(H,15,16). The van der Waals surface area contributed by atoms with E-state index in [1.807, 2.05) is 6.92 Å². The first-order valence-electron chi connectivity index (χ1n) is 6.21. The Kier molecular flexibility index (Phi) is 8.19. The first-order chi connectivity index (χ1) is 8.01. The van der Waals surface area contributed by atoms with Crippen molar-refractivity contribution in [3.8, 4) is 0 Å². The monoisotopic (exact) mass is 244 g/mol. The van der Waals surface area contributed by atoms with Crippen LogP contribution < -0.4 is 5.32 Å². The second-order valence-corrected chi connectivity index (χ2v) is 4.33. The van der Waals surface area contributed by atoms with Crippen LogP contribution in [0.4, 0.5) is 4.79 Å². The topological polar surface area (TPSA) is 69.6 Å². The van der Waals surface area contributed by atoms with Gasteiger partial charge >= 0.3 is 12.0 Å². The number of nitrogens with zero attached hydrogens (tertiary/aromatic N) is 1. The minimum atomic E-state index is -0.814. The van der Waals surface area contributed by atoms with Crippen molar-refractivity contribution in [2.75, 3.05) is 20.1 Å². The average molecular weight is 244 g/mol. The van der Waals surface area contributed by atoms with E-state index in [2.05, 4.69) is 12.2 Å². The van der Waals surface area contributed by atoms with Crippen LogP contribution in [0, 0.1) is 5.92 Å². The van der Waals surface area contributed by atoms with E-state index in [0.29, 0.717) is 6.54 Å². The molecule has 17 heavy (non-hydrogen) atoms. The van der Waals surface area contributed by atoms with Crippen LogP contribution >= 0.6 is 0 Å². The van der Waals surface area contributed by atoms with Gasteiger partial charge in [0.2, 0.25) is 0 Å². The number of amides is 2. The Labute approximate surface area is 103 Å². The largest absolute Gasteiger partial charge is 0.481 e. The van der Waals surface area contributed by atoms with Crippen LogP contribution in [0.2, 0.25) is 0 Å². The smallest absolute Gasteiger partial charge is 0.317 e. The number of carbonyl (C=O) groups is 2. The molecule has 2 N–H and O–H groups in total. The summed E-state index contributed by atoms with van der Waals surface area (Å²) in [6, 6.07) is -0.123. The van der Waals surface area contributed by atoms with Gasteiger partial charge in [0.05, 0.1) is 0 Å². The molecular formula is C12H24N2O3. The number of carboxylic acids is 1. The van der Waals surface area contributed by atoms with Crippen molar-refractivity contribution < 1.29 is 14.7 Å². The van der Waals surface area contributed by atoms with Crippen molar-refractivity contribution in [3.05, 3.63) is 0 Å². The lowest BCUT2D eigenvalue weighted by molar-refractivity contribution is -0.138. The highest BCUT2D eigenvalue weighted by Crippen LogP contribution is 2.06. The number of unbranched alkanes of at least 4 members (excludes halogenated alkanes) is 1. The fraction of sp³-hybridized carbons (Fsp3) is 0.833. The van der Waals surface area contributed by atoms with Gasteiger partial charge in [-0.1, -0.05) is 26.7 Å². The van der Waals surface area contributed by atoms with Gasteiger partial charge in [0, 0.05) is 26.6 Å². The molecular weight excluding hydrogens is 220 g/mol. The van der Waals surface area contributed by atoms with E-state index in [4.69, 9.17) is 5.11 Å². The molecule has 0 aromatic rings. The van der Waals surface area contributed by atoms with Gasteiger partial charge in [0.25, 0.3) is 0 Å². The maximum absolute atomic E-state index is 11.6. The minimum Gasteiger partial charge on any atom is -0.481 e. The third-order valence-corrected chi connectivity index (χ3v) is 2.78. The van der Waals surface area contributed by atoms with Gasteiger partial charge in [0.15, 0.2) is 0 Å². The molecule has 0 rings (SSSR count). The predicted octanol–water partition coefficient (Wildman–Crippen LogP) is 1.93. The lowest BCUT2D eigenvalue weighted by atomic mass is 10.0. The lowest BCUT2D eigenvalue weighted by Crippen LogP contribution is -2.40. The Bertz CT molecular complexity index is 244. The van der Waals surface area contributed by atoms with Crippen LogP contribution in [-0.2, 0) is 4.79 Å². The van der Waals surface area contributed by atoms with Crippen molar-refractivity contribution in [2.45, 2.75) is 39.5 Å². The molecule has 0 radical (unpaired) electrons. The molecule has 5 nitrogen and oxygen atoms in total. The maximum Gasteiger partial charge on any atom is 0.317 e. The number of urea groups is 1. The number of carboxylic acid groups (broad SMARTS) is 1. The Balaban J connectivity index is 3.90. The van der Waals surface area contributed by atoms with E-state index < -0.39 is 5.97 Å². The molecule has 0 spiro atoms. The quantitative estimate of drug-likeness (QED) is 0.685. The highest BCUT2D eigenvalue weighted by molar-refractivity contribution is 5.74. The van der Waals surface area contributed by atoms with Crippen LogP contribution in [0.25, 0.3) is 0 Å². The average Bonchev–Trinajstić information content (AvgIpc) is 2.30. The summed E-state index contributed by atoms with van der Waals surface area (Å²) in [6.45, 7) is 5.17. The van der Waals surface area contributed by atoms with Gasteiger partial charge in [-0.05, 0) is 12.3 Å². The Hall–Kier alpha value is -1.26. The molecule has 0 saturated carbocycles. The fourth-order valence-electron chi connectivity index (χ4n) is 1.47. The van der Waals surface area contributed by atoms with Crippen molar-refractivity contribution in [3.63, 3.8) is 0 Å². The summed E-state index contributed by atoms with van der Waals surface area (Å²) < 4.78 is 0. The molecule has 0 aliphatic rings. The van der Waals surface area contributed by atoms with Gasteiger partial charge in [-0.3, -0.25) is 4.79 Å². The summed E-state index contributed by atoms with van der Waals surface area (Å²) in [4.78, 5) is 23.8. The minimum absolute atomic E-state index is 0.0102. The summed E-state index contributed by atoms with van der Waals surface area (Å²) in [6.07, 6.45) is 2.89. The normalized spacial score (nSPS) is 11.9. The van der Waals surface area contributed by atoms with E-state index >= 15 is 0 Å². The first-order valence-corrected chi connectivity index (χ1v) is 6.21. The van der Waals surface area contributed by atoms with E-state index in [-0.39, 0.29) is 18.4 Å². The molecule has 0 fully saturated rings. The number of nitrogens with one attached hydrogen (secondary N) is 1. The molecule has 1 unspecified atom stereocenters. The number of hydrogen-bond acceptors (Lipinski definition) is 2. The summed E-state index contributed by atoms with van der Waals surface area (Å²) in [7, 11) is 1.75. The molecule has 0 bridgehead atoms. The van der Waals surface area contributed by atoms with Crippen LogP contribution in [0.5, 0.6) is 0 Å². The second kappa shape index (κ2) is 8.84. The summed E-state index contributed by atoms with van der Waals surface area (Å²) in [5.74, 6) is -0.804. The lowest BCUT2D eigenvalue weighted by Gasteiger charge is -2.20. The molecule has 0 aromatic heterocycles. The van der Waals surface area contributed by atoms with Gasteiger partial charge < -0.3 is 15.3 Å².